The first kappa shape index (κ1) is 9.04. The normalized spacial score (nSPS) is 11.0. The Hall–Kier alpha value is -0.530. The molecular formula is C11H11ClS. The number of hydrogen-bond acceptors (Lipinski definition) is 1. The molecule has 2 heteroatoms. The lowest BCUT2D eigenvalue weighted by atomic mass is 10.1. The van der Waals surface area contributed by atoms with Crippen LogP contribution in [0.4, 0.5) is 0 Å². The minimum atomic E-state index is 0.900. The Morgan fingerprint density at radius 1 is 1.38 bits per heavy atom. The SMILES string of the molecule is CCc1cc2scc(C)c2cc1Cl. The van der Waals surface area contributed by atoms with E-state index in [2.05, 4.69) is 31.4 Å². The van der Waals surface area contributed by atoms with Gasteiger partial charge in [-0.1, -0.05) is 18.5 Å². The van der Waals surface area contributed by atoms with E-state index in [-0.39, 0.29) is 0 Å². The van der Waals surface area contributed by atoms with E-state index < -0.39 is 0 Å². The van der Waals surface area contributed by atoms with E-state index in [1.54, 1.807) is 11.3 Å². The van der Waals surface area contributed by atoms with Crippen molar-refractivity contribution in [3.05, 3.63) is 33.7 Å². The molecule has 0 radical (unpaired) electrons. The Morgan fingerprint density at radius 3 is 2.85 bits per heavy atom. The van der Waals surface area contributed by atoms with Crippen molar-refractivity contribution in [3.8, 4) is 0 Å². The highest BCUT2D eigenvalue weighted by atomic mass is 35.5. The highest BCUT2D eigenvalue weighted by Crippen LogP contribution is 2.30. The summed E-state index contributed by atoms with van der Waals surface area (Å²) in [6, 6.07) is 4.29. The average Bonchev–Trinajstić information content (AvgIpc) is 2.47. The predicted molar refractivity (Wildman–Crippen MR) is 61.0 cm³/mol. The van der Waals surface area contributed by atoms with Gasteiger partial charge in [-0.15, -0.1) is 11.3 Å². The highest BCUT2D eigenvalue weighted by molar-refractivity contribution is 7.17. The van der Waals surface area contributed by atoms with Gasteiger partial charge in [0, 0.05) is 9.72 Å². The van der Waals surface area contributed by atoms with Gasteiger partial charge in [-0.05, 0) is 47.4 Å². The Kier molecular flexibility index (Phi) is 2.31. The van der Waals surface area contributed by atoms with Crippen LogP contribution < -0.4 is 0 Å². The Morgan fingerprint density at radius 2 is 2.15 bits per heavy atom. The minimum absolute atomic E-state index is 0.900. The van der Waals surface area contributed by atoms with Crippen molar-refractivity contribution in [3.63, 3.8) is 0 Å². The molecule has 0 nitrogen and oxygen atoms in total. The topological polar surface area (TPSA) is 0 Å². The number of halogens is 1. The molecule has 1 heterocycles. The van der Waals surface area contributed by atoms with Crippen molar-refractivity contribution in [2.45, 2.75) is 20.3 Å². The summed E-state index contributed by atoms with van der Waals surface area (Å²) < 4.78 is 1.35. The van der Waals surface area contributed by atoms with E-state index in [0.717, 1.165) is 11.4 Å². The van der Waals surface area contributed by atoms with Gasteiger partial charge in [0.15, 0.2) is 0 Å². The lowest BCUT2D eigenvalue weighted by Gasteiger charge is -2.01. The van der Waals surface area contributed by atoms with Crippen molar-refractivity contribution in [1.29, 1.82) is 0 Å². The molecule has 2 aromatic rings. The third-order valence-corrected chi connectivity index (χ3v) is 3.73. The molecule has 0 amide bonds. The summed E-state index contributed by atoms with van der Waals surface area (Å²) in [6.45, 7) is 4.26. The summed E-state index contributed by atoms with van der Waals surface area (Å²) in [5.41, 5.74) is 2.57. The molecule has 0 spiro atoms. The van der Waals surface area contributed by atoms with Gasteiger partial charge in [0.1, 0.15) is 0 Å². The summed E-state index contributed by atoms with van der Waals surface area (Å²) in [5, 5.41) is 4.38. The Labute approximate surface area is 87.2 Å². The number of aryl methyl sites for hydroxylation is 2. The van der Waals surface area contributed by atoms with Crippen LogP contribution in [0.3, 0.4) is 0 Å². The van der Waals surface area contributed by atoms with Gasteiger partial charge in [-0.3, -0.25) is 0 Å². The molecule has 0 aliphatic carbocycles. The number of rotatable bonds is 1. The zero-order valence-corrected chi connectivity index (χ0v) is 9.30. The molecule has 0 fully saturated rings. The molecule has 0 saturated heterocycles. The first-order valence-electron chi connectivity index (χ1n) is 4.38. The maximum Gasteiger partial charge on any atom is 0.0444 e. The standard InChI is InChI=1S/C11H11ClS/c1-3-8-4-11-9(5-10(8)12)7(2)6-13-11/h4-6H,3H2,1-2H3. The Balaban J connectivity index is 2.76. The Bertz CT molecular complexity index is 443. The zero-order chi connectivity index (χ0) is 9.42. The highest BCUT2D eigenvalue weighted by Gasteiger charge is 2.04. The predicted octanol–water partition coefficient (Wildman–Crippen LogP) is 4.43. The fourth-order valence-electron chi connectivity index (χ4n) is 1.49. The van der Waals surface area contributed by atoms with E-state index in [1.807, 2.05) is 0 Å². The van der Waals surface area contributed by atoms with E-state index >= 15 is 0 Å². The molecule has 0 unspecified atom stereocenters. The van der Waals surface area contributed by atoms with Crippen LogP contribution in [-0.4, -0.2) is 0 Å². The summed E-state index contributed by atoms with van der Waals surface area (Å²) in [4.78, 5) is 0. The van der Waals surface area contributed by atoms with Crippen molar-refractivity contribution >= 4 is 33.0 Å². The van der Waals surface area contributed by atoms with Crippen LogP contribution in [0, 0.1) is 6.92 Å². The molecule has 0 atom stereocenters. The average molecular weight is 211 g/mol. The van der Waals surface area contributed by atoms with E-state index in [4.69, 9.17) is 11.6 Å². The molecule has 0 N–H and O–H groups in total. The number of fused-ring (bicyclic) bond motifs is 1. The van der Waals surface area contributed by atoms with Crippen LogP contribution in [0.15, 0.2) is 17.5 Å². The van der Waals surface area contributed by atoms with Crippen molar-refractivity contribution in [2.75, 3.05) is 0 Å². The quantitative estimate of drug-likeness (QED) is 0.654. The molecule has 0 bridgehead atoms. The second-order valence-corrected chi connectivity index (χ2v) is 4.53. The van der Waals surface area contributed by atoms with Crippen molar-refractivity contribution in [2.24, 2.45) is 0 Å². The monoisotopic (exact) mass is 210 g/mol. The molecule has 2 rings (SSSR count). The van der Waals surface area contributed by atoms with Gasteiger partial charge < -0.3 is 0 Å². The maximum atomic E-state index is 6.14. The summed E-state index contributed by atoms with van der Waals surface area (Å²) >= 11 is 7.93. The van der Waals surface area contributed by atoms with Gasteiger partial charge >= 0.3 is 0 Å². The van der Waals surface area contributed by atoms with Crippen LogP contribution >= 0.6 is 22.9 Å². The van der Waals surface area contributed by atoms with Crippen LogP contribution in [0.1, 0.15) is 18.1 Å². The molecule has 13 heavy (non-hydrogen) atoms. The molecule has 1 aromatic heterocycles. The van der Waals surface area contributed by atoms with Crippen LogP contribution in [0.2, 0.25) is 5.02 Å². The molecule has 0 saturated carbocycles. The molecule has 0 aliphatic heterocycles. The van der Waals surface area contributed by atoms with Crippen molar-refractivity contribution < 1.29 is 0 Å². The molecule has 0 aliphatic rings. The van der Waals surface area contributed by atoms with Crippen LogP contribution in [-0.2, 0) is 6.42 Å². The fraction of sp³-hybridized carbons (Fsp3) is 0.273. The van der Waals surface area contributed by atoms with Crippen LogP contribution in [0.5, 0.6) is 0 Å². The second-order valence-electron chi connectivity index (χ2n) is 3.21. The van der Waals surface area contributed by atoms with E-state index in [9.17, 15) is 0 Å². The van der Waals surface area contributed by atoms with Gasteiger partial charge in [-0.2, -0.15) is 0 Å². The summed E-state index contributed by atoms with van der Waals surface area (Å²) in [7, 11) is 0. The maximum absolute atomic E-state index is 6.14. The molecule has 1 aromatic carbocycles. The number of hydrogen-bond donors (Lipinski definition) is 0. The third-order valence-electron chi connectivity index (χ3n) is 2.32. The van der Waals surface area contributed by atoms with Gasteiger partial charge in [0.25, 0.3) is 0 Å². The molecule has 68 valence electrons. The fourth-order valence-corrected chi connectivity index (χ4v) is 2.77. The lowest BCUT2D eigenvalue weighted by molar-refractivity contribution is 1.15. The van der Waals surface area contributed by atoms with Crippen LogP contribution in [0.25, 0.3) is 10.1 Å². The summed E-state index contributed by atoms with van der Waals surface area (Å²) in [6.07, 6.45) is 1.01. The zero-order valence-electron chi connectivity index (χ0n) is 7.73. The molecular weight excluding hydrogens is 200 g/mol. The van der Waals surface area contributed by atoms with Gasteiger partial charge in [-0.25, -0.2) is 0 Å². The van der Waals surface area contributed by atoms with E-state index in [0.29, 0.717) is 0 Å². The number of thiophene rings is 1. The lowest BCUT2D eigenvalue weighted by Crippen LogP contribution is -1.81. The van der Waals surface area contributed by atoms with E-state index in [1.165, 1.54) is 21.2 Å². The second kappa shape index (κ2) is 3.32. The largest absolute Gasteiger partial charge is 0.144 e. The minimum Gasteiger partial charge on any atom is -0.144 e. The third kappa shape index (κ3) is 1.47. The number of benzene rings is 1. The summed E-state index contributed by atoms with van der Waals surface area (Å²) in [5.74, 6) is 0. The van der Waals surface area contributed by atoms with Gasteiger partial charge in [0.2, 0.25) is 0 Å². The smallest absolute Gasteiger partial charge is 0.0444 e. The first-order valence-corrected chi connectivity index (χ1v) is 5.64. The van der Waals surface area contributed by atoms with Gasteiger partial charge in [0.05, 0.1) is 0 Å². The van der Waals surface area contributed by atoms with Crippen molar-refractivity contribution in [1.82, 2.24) is 0 Å². The first-order chi connectivity index (χ1) is 6.22.